The van der Waals surface area contributed by atoms with Gasteiger partial charge in [-0.3, -0.25) is 0 Å². The summed E-state index contributed by atoms with van der Waals surface area (Å²) >= 11 is 0. The predicted molar refractivity (Wildman–Crippen MR) is 37.2 cm³/mol. The van der Waals surface area contributed by atoms with Crippen LogP contribution in [-0.2, 0) is 24.2 Å². The molecule has 0 aliphatic rings. The van der Waals surface area contributed by atoms with E-state index in [1.165, 1.54) is 0 Å². The minimum absolute atomic E-state index is 0. The van der Waals surface area contributed by atoms with Gasteiger partial charge in [0.25, 0.3) is 0 Å². The Morgan fingerprint density at radius 2 is 1.82 bits per heavy atom. The fourth-order valence-corrected chi connectivity index (χ4v) is 0.658. The molecule has 1 aromatic carbocycles. The predicted octanol–water partition coefficient (Wildman–Crippen LogP) is 1.63. The Labute approximate surface area is 78.3 Å². The van der Waals surface area contributed by atoms with Crippen LogP contribution in [0, 0.1) is 7.11 Å². The molecule has 3 heteroatoms. The Balaban J connectivity index is 0.000001000. The summed E-state index contributed by atoms with van der Waals surface area (Å²) in [5, 5.41) is 0. The number of carbonyl (C=O) groups excluding carboxylic acids is 1. The Kier molecular flexibility index (Phi) is 4.72. The van der Waals surface area contributed by atoms with Gasteiger partial charge in [0.05, 0.1) is 5.56 Å². The van der Waals surface area contributed by atoms with E-state index in [0.29, 0.717) is 5.56 Å². The molecule has 0 amide bonds. The number of hydrogen-bond donors (Lipinski definition) is 0. The Bertz CT molecular complexity index is 221. The van der Waals surface area contributed by atoms with Gasteiger partial charge < -0.3 is 4.74 Å². The van der Waals surface area contributed by atoms with Crippen LogP contribution in [0.5, 0.6) is 0 Å². The van der Waals surface area contributed by atoms with Gasteiger partial charge in [0.15, 0.2) is 0 Å². The molecule has 2 nitrogen and oxygen atoms in total. The molecule has 0 saturated heterocycles. The van der Waals surface area contributed by atoms with E-state index in [1.807, 2.05) is 6.07 Å². The molecule has 0 saturated carbocycles. The summed E-state index contributed by atoms with van der Waals surface area (Å²) in [5.74, 6) is -0.402. The average molecular weight is 201 g/mol. The summed E-state index contributed by atoms with van der Waals surface area (Å²) in [7, 11) is 3.01. The second-order valence-electron chi connectivity index (χ2n) is 1.80. The standard InChI is InChI=1S/C8H7O2.Zn/c1-10-8(9)7-5-3-2-4-6-7;/h2-6H,1H2;/q-1;. The first-order valence-corrected chi connectivity index (χ1v) is 2.86. The monoisotopic (exact) mass is 199 g/mol. The van der Waals surface area contributed by atoms with Crippen molar-refractivity contribution in [1.29, 1.82) is 0 Å². The SMILES string of the molecule is [CH2-]OC(=O)c1ccccc1.[Zn]. The van der Waals surface area contributed by atoms with E-state index in [0.717, 1.165) is 0 Å². The van der Waals surface area contributed by atoms with Crippen molar-refractivity contribution in [2.45, 2.75) is 0 Å². The fraction of sp³-hybridized carbons (Fsp3) is 0. The van der Waals surface area contributed by atoms with Gasteiger partial charge in [0.2, 0.25) is 0 Å². The van der Waals surface area contributed by atoms with Crippen LogP contribution < -0.4 is 0 Å². The number of benzene rings is 1. The fourth-order valence-electron chi connectivity index (χ4n) is 0.658. The van der Waals surface area contributed by atoms with Crippen molar-refractivity contribution in [2.75, 3.05) is 0 Å². The summed E-state index contributed by atoms with van der Waals surface area (Å²) in [4.78, 5) is 10.7. The molecule has 54 valence electrons. The van der Waals surface area contributed by atoms with Crippen LogP contribution in [0.15, 0.2) is 30.3 Å². The van der Waals surface area contributed by atoms with Crippen molar-refractivity contribution in [2.24, 2.45) is 0 Å². The number of carbonyl (C=O) groups is 1. The summed E-state index contributed by atoms with van der Waals surface area (Å²) in [6.07, 6.45) is 0. The van der Waals surface area contributed by atoms with Gasteiger partial charge >= 0.3 is 5.97 Å². The summed E-state index contributed by atoms with van der Waals surface area (Å²) in [6.45, 7) is 0. The van der Waals surface area contributed by atoms with Gasteiger partial charge in [0.1, 0.15) is 0 Å². The largest absolute Gasteiger partial charge is 0.637 e. The van der Waals surface area contributed by atoms with Crippen molar-refractivity contribution < 1.29 is 29.0 Å². The topological polar surface area (TPSA) is 26.3 Å². The van der Waals surface area contributed by atoms with Crippen LogP contribution in [-0.4, -0.2) is 5.97 Å². The maximum atomic E-state index is 10.7. The van der Waals surface area contributed by atoms with Crippen LogP contribution in [0.25, 0.3) is 0 Å². The molecule has 0 aliphatic heterocycles. The zero-order valence-corrected chi connectivity index (χ0v) is 9.08. The molecule has 0 atom stereocenters. The maximum absolute atomic E-state index is 10.7. The van der Waals surface area contributed by atoms with Gasteiger partial charge in [-0.2, -0.15) is 7.11 Å². The Hall–Kier alpha value is -0.687. The average Bonchev–Trinajstić information content (AvgIpc) is 2.05. The van der Waals surface area contributed by atoms with Gasteiger partial charge in [-0.25, -0.2) is 4.79 Å². The van der Waals surface area contributed by atoms with E-state index < -0.39 is 5.97 Å². The first-order valence-electron chi connectivity index (χ1n) is 2.86. The molecular weight excluding hydrogens is 193 g/mol. The first-order chi connectivity index (χ1) is 4.84. The number of esters is 1. The zero-order chi connectivity index (χ0) is 7.40. The molecule has 0 aromatic heterocycles. The van der Waals surface area contributed by atoms with Crippen LogP contribution in [0.3, 0.4) is 0 Å². The zero-order valence-electron chi connectivity index (χ0n) is 6.12. The molecule has 0 heterocycles. The summed E-state index contributed by atoms with van der Waals surface area (Å²) < 4.78 is 4.25. The first kappa shape index (κ1) is 10.3. The number of hydrogen-bond acceptors (Lipinski definition) is 2. The number of rotatable bonds is 1. The van der Waals surface area contributed by atoms with E-state index in [2.05, 4.69) is 11.8 Å². The molecular formula is C8H7O2Zn-. The van der Waals surface area contributed by atoms with Crippen molar-refractivity contribution in [3.63, 3.8) is 0 Å². The van der Waals surface area contributed by atoms with Crippen molar-refractivity contribution >= 4 is 5.97 Å². The molecule has 0 bridgehead atoms. The van der Waals surface area contributed by atoms with E-state index in [1.54, 1.807) is 24.3 Å². The Morgan fingerprint density at radius 1 is 1.27 bits per heavy atom. The molecule has 1 rings (SSSR count). The van der Waals surface area contributed by atoms with Gasteiger partial charge in [0, 0.05) is 19.5 Å². The third-order valence-electron chi connectivity index (χ3n) is 1.14. The quantitative estimate of drug-likeness (QED) is 0.391. The van der Waals surface area contributed by atoms with E-state index >= 15 is 0 Å². The second-order valence-corrected chi connectivity index (χ2v) is 1.80. The van der Waals surface area contributed by atoms with Crippen LogP contribution in [0.4, 0.5) is 0 Å². The normalized spacial score (nSPS) is 8.09. The van der Waals surface area contributed by atoms with Gasteiger partial charge in [-0.05, 0) is 12.1 Å². The molecule has 0 radical (unpaired) electrons. The Morgan fingerprint density at radius 3 is 2.27 bits per heavy atom. The molecule has 0 aliphatic carbocycles. The van der Waals surface area contributed by atoms with Crippen LogP contribution in [0.2, 0.25) is 0 Å². The van der Waals surface area contributed by atoms with E-state index in [-0.39, 0.29) is 19.5 Å². The summed E-state index contributed by atoms with van der Waals surface area (Å²) in [6, 6.07) is 8.72. The smallest absolute Gasteiger partial charge is 0.306 e. The molecule has 0 fully saturated rings. The third-order valence-corrected chi connectivity index (χ3v) is 1.14. The second kappa shape index (κ2) is 5.03. The van der Waals surface area contributed by atoms with Crippen molar-refractivity contribution in [3.05, 3.63) is 43.0 Å². The molecule has 0 N–H and O–H groups in total. The molecule has 0 spiro atoms. The van der Waals surface area contributed by atoms with Gasteiger partial charge in [-0.1, -0.05) is 18.2 Å². The molecule has 11 heavy (non-hydrogen) atoms. The number of ether oxygens (including phenoxy) is 1. The van der Waals surface area contributed by atoms with E-state index in [9.17, 15) is 4.79 Å². The van der Waals surface area contributed by atoms with Crippen molar-refractivity contribution in [3.8, 4) is 0 Å². The maximum Gasteiger partial charge on any atom is 0.306 e. The van der Waals surface area contributed by atoms with Crippen LogP contribution >= 0.6 is 0 Å². The van der Waals surface area contributed by atoms with Crippen molar-refractivity contribution in [1.82, 2.24) is 0 Å². The van der Waals surface area contributed by atoms with Crippen LogP contribution in [0.1, 0.15) is 10.4 Å². The minimum atomic E-state index is -0.402. The third kappa shape index (κ3) is 2.81. The van der Waals surface area contributed by atoms with E-state index in [4.69, 9.17) is 0 Å². The molecule has 0 unspecified atom stereocenters. The molecule has 1 aromatic rings. The van der Waals surface area contributed by atoms with Gasteiger partial charge in [-0.15, -0.1) is 0 Å². The minimum Gasteiger partial charge on any atom is -0.637 e. The summed E-state index contributed by atoms with van der Waals surface area (Å²) in [5.41, 5.74) is 0.525.